The molecule has 34 heavy (non-hydrogen) atoms. The number of nitrogens with one attached hydrogen (secondary N) is 2. The maximum absolute atomic E-state index is 13.4. The molecular weight excluding hydrogens is 472 g/mol. The molecule has 1 aromatic carbocycles. The van der Waals surface area contributed by atoms with Gasteiger partial charge in [0, 0.05) is 12.1 Å². The number of ether oxygens (including phenoxy) is 1. The standard InChI is InChI=1S/C24H28N4O4S2/c1-32-21-13-12-20-23(26-21)33-24(25-20)27-22(29)19(14-15-4-2-3-5-15)16-6-10-18(11-7-16)34(30,31)28-17-8-9-17/h6-7,10-13,15,17,19,28H,2-5,8-9,14H2,1H3,(H,25,27,29). The van der Waals surface area contributed by atoms with Gasteiger partial charge in [-0.2, -0.15) is 0 Å². The number of anilines is 1. The van der Waals surface area contributed by atoms with Crippen molar-refractivity contribution in [1.29, 1.82) is 0 Å². The second-order valence-electron chi connectivity index (χ2n) is 9.09. The first-order chi connectivity index (χ1) is 16.4. The molecule has 8 nitrogen and oxygen atoms in total. The van der Waals surface area contributed by atoms with Crippen LogP contribution in [0.1, 0.15) is 56.4 Å². The van der Waals surface area contributed by atoms with E-state index in [-0.39, 0.29) is 22.8 Å². The third-order valence-corrected chi connectivity index (χ3v) is 8.94. The van der Waals surface area contributed by atoms with Crippen molar-refractivity contribution in [3.05, 3.63) is 42.0 Å². The van der Waals surface area contributed by atoms with Gasteiger partial charge in [-0.1, -0.05) is 49.2 Å². The molecule has 1 amide bonds. The lowest BCUT2D eigenvalue weighted by molar-refractivity contribution is -0.118. The predicted octanol–water partition coefficient (Wildman–Crippen LogP) is 4.44. The second-order valence-corrected chi connectivity index (χ2v) is 11.8. The molecule has 2 heterocycles. The van der Waals surface area contributed by atoms with Crippen LogP contribution in [0.3, 0.4) is 0 Å². The van der Waals surface area contributed by atoms with Crippen molar-refractivity contribution in [3.63, 3.8) is 0 Å². The third kappa shape index (κ3) is 5.24. The highest BCUT2D eigenvalue weighted by Gasteiger charge is 2.30. The lowest BCUT2D eigenvalue weighted by Crippen LogP contribution is -2.26. The molecule has 2 N–H and O–H groups in total. The van der Waals surface area contributed by atoms with Gasteiger partial charge < -0.3 is 10.1 Å². The highest BCUT2D eigenvalue weighted by atomic mass is 32.2. The van der Waals surface area contributed by atoms with Crippen molar-refractivity contribution in [3.8, 4) is 5.88 Å². The Morgan fingerprint density at radius 3 is 2.50 bits per heavy atom. The molecule has 2 aliphatic rings. The Kier molecular flexibility index (Phi) is 6.54. The van der Waals surface area contributed by atoms with Crippen molar-refractivity contribution in [2.75, 3.05) is 12.4 Å². The molecule has 180 valence electrons. The topological polar surface area (TPSA) is 110 Å². The van der Waals surface area contributed by atoms with Crippen LogP contribution in [-0.4, -0.2) is 37.4 Å². The van der Waals surface area contributed by atoms with Crippen molar-refractivity contribution in [2.24, 2.45) is 5.92 Å². The first kappa shape index (κ1) is 23.2. The van der Waals surface area contributed by atoms with E-state index in [1.807, 2.05) is 6.07 Å². The lowest BCUT2D eigenvalue weighted by atomic mass is 9.87. The highest BCUT2D eigenvalue weighted by molar-refractivity contribution is 7.89. The zero-order chi connectivity index (χ0) is 23.7. The minimum atomic E-state index is -3.53. The molecule has 3 aromatic rings. The summed E-state index contributed by atoms with van der Waals surface area (Å²) >= 11 is 1.31. The van der Waals surface area contributed by atoms with Gasteiger partial charge in [-0.25, -0.2) is 23.1 Å². The molecule has 0 radical (unpaired) electrons. The molecule has 0 saturated heterocycles. The van der Waals surface area contributed by atoms with Crippen molar-refractivity contribution >= 4 is 42.7 Å². The van der Waals surface area contributed by atoms with Crippen LogP contribution in [0.5, 0.6) is 5.88 Å². The Morgan fingerprint density at radius 1 is 1.09 bits per heavy atom. The number of benzene rings is 1. The molecule has 5 rings (SSSR count). The summed E-state index contributed by atoms with van der Waals surface area (Å²) in [6.45, 7) is 0. The molecular formula is C24H28N4O4S2. The molecule has 1 atom stereocenters. The average Bonchev–Trinajstić information content (AvgIpc) is 3.31. The smallest absolute Gasteiger partial charge is 0.240 e. The van der Waals surface area contributed by atoms with E-state index in [2.05, 4.69) is 20.0 Å². The summed E-state index contributed by atoms with van der Waals surface area (Å²) in [6.07, 6.45) is 7.11. The van der Waals surface area contributed by atoms with Crippen LogP contribution in [-0.2, 0) is 14.8 Å². The summed E-state index contributed by atoms with van der Waals surface area (Å²) < 4.78 is 32.9. The van der Waals surface area contributed by atoms with E-state index >= 15 is 0 Å². The van der Waals surface area contributed by atoms with Crippen LogP contribution in [0.4, 0.5) is 5.13 Å². The zero-order valence-corrected chi connectivity index (χ0v) is 20.6. The summed E-state index contributed by atoms with van der Waals surface area (Å²) in [5.74, 6) is 0.465. The fourth-order valence-electron chi connectivity index (χ4n) is 4.50. The van der Waals surface area contributed by atoms with Crippen molar-refractivity contribution in [1.82, 2.24) is 14.7 Å². The second kappa shape index (κ2) is 9.59. The van der Waals surface area contributed by atoms with Gasteiger partial charge in [-0.3, -0.25) is 4.79 Å². The number of thiazole rings is 1. The predicted molar refractivity (Wildman–Crippen MR) is 132 cm³/mol. The SMILES string of the molecule is COc1ccc2nc(NC(=O)C(CC3CCCC3)c3ccc(S(=O)(=O)NC4CC4)cc3)sc2n1. The van der Waals surface area contributed by atoms with Gasteiger partial charge in [0.25, 0.3) is 0 Å². The van der Waals surface area contributed by atoms with Crippen LogP contribution in [0.25, 0.3) is 10.3 Å². The molecule has 2 saturated carbocycles. The molecule has 2 aliphatic carbocycles. The Bertz CT molecular complexity index is 1280. The highest BCUT2D eigenvalue weighted by Crippen LogP contribution is 2.36. The molecule has 1 unspecified atom stereocenters. The van der Waals surface area contributed by atoms with E-state index in [9.17, 15) is 13.2 Å². The van der Waals surface area contributed by atoms with Gasteiger partial charge in [-0.15, -0.1) is 0 Å². The van der Waals surface area contributed by atoms with Gasteiger partial charge in [-0.05, 0) is 48.9 Å². The van der Waals surface area contributed by atoms with Gasteiger partial charge in [0.1, 0.15) is 10.3 Å². The van der Waals surface area contributed by atoms with E-state index in [0.29, 0.717) is 27.3 Å². The summed E-state index contributed by atoms with van der Waals surface area (Å²) in [7, 11) is -1.97. The number of rotatable bonds is 9. The number of hydrogen-bond acceptors (Lipinski definition) is 7. The minimum absolute atomic E-state index is 0.0498. The maximum atomic E-state index is 13.4. The van der Waals surface area contributed by atoms with E-state index in [1.165, 1.54) is 24.2 Å². The Labute approximate surface area is 203 Å². The van der Waals surface area contributed by atoms with E-state index in [1.54, 1.807) is 37.4 Å². The number of carbonyl (C=O) groups is 1. The van der Waals surface area contributed by atoms with Crippen LogP contribution in [0, 0.1) is 5.92 Å². The van der Waals surface area contributed by atoms with Gasteiger partial charge in [0.15, 0.2) is 5.13 Å². The van der Waals surface area contributed by atoms with Crippen LogP contribution >= 0.6 is 11.3 Å². The number of sulfonamides is 1. The molecule has 2 fully saturated rings. The summed E-state index contributed by atoms with van der Waals surface area (Å²) in [5.41, 5.74) is 1.52. The van der Waals surface area contributed by atoms with E-state index in [0.717, 1.165) is 37.7 Å². The zero-order valence-electron chi connectivity index (χ0n) is 19.0. The Morgan fingerprint density at radius 2 is 1.82 bits per heavy atom. The van der Waals surface area contributed by atoms with E-state index in [4.69, 9.17) is 4.74 Å². The van der Waals surface area contributed by atoms with E-state index < -0.39 is 10.0 Å². The Balaban J connectivity index is 1.37. The average molecular weight is 501 g/mol. The van der Waals surface area contributed by atoms with Crippen LogP contribution < -0.4 is 14.8 Å². The fraction of sp³-hybridized carbons (Fsp3) is 0.458. The summed E-state index contributed by atoms with van der Waals surface area (Å²) in [6, 6.07) is 10.3. The van der Waals surface area contributed by atoms with Crippen LogP contribution in [0.2, 0.25) is 0 Å². The maximum Gasteiger partial charge on any atom is 0.240 e. The third-order valence-electron chi connectivity index (χ3n) is 6.52. The number of aromatic nitrogens is 2. The fourth-order valence-corrected chi connectivity index (χ4v) is 6.64. The monoisotopic (exact) mass is 500 g/mol. The summed E-state index contributed by atoms with van der Waals surface area (Å²) in [4.78, 5) is 23.2. The summed E-state index contributed by atoms with van der Waals surface area (Å²) in [5, 5.41) is 3.47. The minimum Gasteiger partial charge on any atom is -0.481 e. The first-order valence-corrected chi connectivity index (χ1v) is 14.0. The number of amides is 1. The van der Waals surface area contributed by atoms with Crippen molar-refractivity contribution in [2.45, 2.75) is 61.8 Å². The Hall–Kier alpha value is -2.56. The molecule has 0 bridgehead atoms. The number of hydrogen-bond donors (Lipinski definition) is 2. The van der Waals surface area contributed by atoms with Crippen molar-refractivity contribution < 1.29 is 17.9 Å². The number of pyridine rings is 1. The van der Waals surface area contributed by atoms with Gasteiger partial charge in [0.2, 0.25) is 21.8 Å². The molecule has 0 aliphatic heterocycles. The largest absolute Gasteiger partial charge is 0.481 e. The number of nitrogens with zero attached hydrogens (tertiary/aromatic N) is 2. The van der Waals surface area contributed by atoms with Gasteiger partial charge in [0.05, 0.1) is 17.9 Å². The molecule has 10 heteroatoms. The number of fused-ring (bicyclic) bond motifs is 1. The normalized spacial score (nSPS) is 17.7. The first-order valence-electron chi connectivity index (χ1n) is 11.7. The van der Waals surface area contributed by atoms with Crippen LogP contribution in [0.15, 0.2) is 41.3 Å². The molecule has 2 aromatic heterocycles. The number of carbonyl (C=O) groups excluding carboxylic acids is 1. The number of methoxy groups -OCH3 is 1. The van der Waals surface area contributed by atoms with Gasteiger partial charge >= 0.3 is 0 Å². The lowest BCUT2D eigenvalue weighted by Gasteiger charge is -2.20. The quantitative estimate of drug-likeness (QED) is 0.449. The molecule has 0 spiro atoms.